The average Bonchev–Trinajstić information content (AvgIpc) is 2.42. The van der Waals surface area contributed by atoms with E-state index in [0.29, 0.717) is 17.3 Å². The highest BCUT2D eigenvalue weighted by Crippen LogP contribution is 2.14. The van der Waals surface area contributed by atoms with Crippen molar-refractivity contribution < 1.29 is 9.90 Å². The van der Waals surface area contributed by atoms with Crippen molar-refractivity contribution in [1.29, 1.82) is 0 Å². The Hall–Kier alpha value is -1.32. The van der Waals surface area contributed by atoms with Crippen molar-refractivity contribution in [2.45, 2.75) is 40.0 Å². The molecule has 4 heteroatoms. The molecule has 1 rings (SSSR count). The fourth-order valence-electron chi connectivity index (χ4n) is 1.80. The summed E-state index contributed by atoms with van der Waals surface area (Å²) in [5, 5.41) is 9.11. The molecular formula is C12H20N2O2. The van der Waals surface area contributed by atoms with Crippen molar-refractivity contribution in [3.63, 3.8) is 0 Å². The van der Waals surface area contributed by atoms with Gasteiger partial charge >= 0.3 is 5.97 Å². The number of aromatic nitrogens is 2. The van der Waals surface area contributed by atoms with Crippen LogP contribution >= 0.6 is 0 Å². The lowest BCUT2D eigenvalue weighted by Gasteiger charge is -2.04. The first-order valence-corrected chi connectivity index (χ1v) is 5.69. The highest BCUT2D eigenvalue weighted by molar-refractivity contribution is 5.87. The average molecular weight is 224 g/mol. The second-order valence-electron chi connectivity index (χ2n) is 4.60. The van der Waals surface area contributed by atoms with E-state index in [-0.39, 0.29) is 0 Å². The molecule has 0 unspecified atom stereocenters. The van der Waals surface area contributed by atoms with Crippen LogP contribution in [0, 0.1) is 12.8 Å². The van der Waals surface area contributed by atoms with Crippen LogP contribution in [0.1, 0.15) is 48.7 Å². The summed E-state index contributed by atoms with van der Waals surface area (Å²) in [7, 11) is 1.75. The van der Waals surface area contributed by atoms with Crippen LogP contribution in [0.3, 0.4) is 0 Å². The summed E-state index contributed by atoms with van der Waals surface area (Å²) >= 11 is 0. The first-order valence-electron chi connectivity index (χ1n) is 5.69. The molecule has 1 heterocycles. The molecule has 90 valence electrons. The van der Waals surface area contributed by atoms with E-state index in [1.165, 1.54) is 0 Å². The fourth-order valence-corrected chi connectivity index (χ4v) is 1.80. The normalized spacial score (nSPS) is 11.1. The molecule has 0 aliphatic rings. The molecule has 0 saturated carbocycles. The molecule has 0 atom stereocenters. The van der Waals surface area contributed by atoms with Crippen LogP contribution in [-0.2, 0) is 13.5 Å². The van der Waals surface area contributed by atoms with Gasteiger partial charge in [0.05, 0.1) is 5.69 Å². The highest BCUT2D eigenvalue weighted by atomic mass is 16.4. The zero-order chi connectivity index (χ0) is 12.3. The largest absolute Gasteiger partial charge is 0.477 e. The van der Waals surface area contributed by atoms with Gasteiger partial charge in [0.2, 0.25) is 0 Å². The Bertz CT molecular complexity index is 381. The van der Waals surface area contributed by atoms with Crippen LogP contribution in [-0.4, -0.2) is 20.6 Å². The Morgan fingerprint density at radius 2 is 2.12 bits per heavy atom. The number of aryl methyl sites for hydroxylation is 2. The second-order valence-corrected chi connectivity index (χ2v) is 4.60. The van der Waals surface area contributed by atoms with Gasteiger partial charge in [0.25, 0.3) is 0 Å². The molecule has 0 radical (unpaired) electrons. The minimum atomic E-state index is -0.886. The molecule has 0 fully saturated rings. The summed E-state index contributed by atoms with van der Waals surface area (Å²) in [5.74, 6) is 0.526. The maximum Gasteiger partial charge on any atom is 0.354 e. The van der Waals surface area contributed by atoms with Gasteiger partial charge in [0.15, 0.2) is 0 Å². The fraction of sp³-hybridized carbons (Fsp3) is 0.667. The monoisotopic (exact) mass is 224 g/mol. The van der Waals surface area contributed by atoms with E-state index in [1.54, 1.807) is 11.6 Å². The summed E-state index contributed by atoms with van der Waals surface area (Å²) in [5.41, 5.74) is 1.05. The second kappa shape index (κ2) is 5.14. The van der Waals surface area contributed by atoms with E-state index in [9.17, 15) is 4.79 Å². The van der Waals surface area contributed by atoms with Crippen molar-refractivity contribution in [3.8, 4) is 0 Å². The van der Waals surface area contributed by atoms with Crippen molar-refractivity contribution in [1.82, 2.24) is 9.55 Å². The molecule has 0 bridgehead atoms. The molecule has 4 nitrogen and oxygen atoms in total. The van der Waals surface area contributed by atoms with Gasteiger partial charge in [-0.2, -0.15) is 0 Å². The molecule has 0 aliphatic carbocycles. The minimum Gasteiger partial charge on any atom is -0.477 e. The summed E-state index contributed by atoms with van der Waals surface area (Å²) in [4.78, 5) is 15.4. The van der Waals surface area contributed by atoms with E-state index >= 15 is 0 Å². The molecule has 0 aliphatic heterocycles. The third-order valence-corrected chi connectivity index (χ3v) is 2.79. The number of carboxylic acids is 1. The Balaban J connectivity index is 2.79. The quantitative estimate of drug-likeness (QED) is 0.835. The van der Waals surface area contributed by atoms with Gasteiger partial charge in [-0.3, -0.25) is 0 Å². The number of nitrogens with zero attached hydrogens (tertiary/aromatic N) is 2. The number of carbonyl (C=O) groups is 1. The zero-order valence-electron chi connectivity index (χ0n) is 10.4. The molecule has 1 aromatic heterocycles. The topological polar surface area (TPSA) is 55.1 Å². The molecule has 0 aromatic carbocycles. The van der Waals surface area contributed by atoms with E-state index in [2.05, 4.69) is 18.8 Å². The number of carboxylic acid groups (broad SMARTS) is 1. The first-order chi connectivity index (χ1) is 7.43. The Labute approximate surface area is 96.3 Å². The summed E-state index contributed by atoms with van der Waals surface area (Å²) in [6.07, 6.45) is 2.85. The summed E-state index contributed by atoms with van der Waals surface area (Å²) < 4.78 is 1.65. The summed E-state index contributed by atoms with van der Waals surface area (Å²) in [6, 6.07) is 0. The van der Waals surface area contributed by atoms with Crippen molar-refractivity contribution in [2.75, 3.05) is 0 Å². The molecule has 0 amide bonds. The van der Waals surface area contributed by atoms with Gasteiger partial charge in [-0.25, -0.2) is 9.78 Å². The lowest BCUT2D eigenvalue weighted by Crippen LogP contribution is -2.08. The third kappa shape index (κ3) is 2.84. The van der Waals surface area contributed by atoms with Crippen LogP contribution in [0.4, 0.5) is 0 Å². The van der Waals surface area contributed by atoms with Crippen molar-refractivity contribution in [2.24, 2.45) is 13.0 Å². The Kier molecular flexibility index (Phi) is 4.10. The third-order valence-electron chi connectivity index (χ3n) is 2.79. The Morgan fingerprint density at radius 1 is 1.50 bits per heavy atom. The molecule has 1 aromatic rings. The number of imidazole rings is 1. The van der Waals surface area contributed by atoms with Crippen molar-refractivity contribution in [3.05, 3.63) is 17.2 Å². The predicted molar refractivity (Wildman–Crippen MR) is 62.7 cm³/mol. The number of aromatic carboxylic acids is 1. The highest BCUT2D eigenvalue weighted by Gasteiger charge is 2.17. The van der Waals surface area contributed by atoms with Gasteiger partial charge in [-0.05, 0) is 25.7 Å². The summed E-state index contributed by atoms with van der Waals surface area (Å²) in [6.45, 7) is 6.17. The van der Waals surface area contributed by atoms with Gasteiger partial charge < -0.3 is 9.67 Å². The van der Waals surface area contributed by atoms with Crippen LogP contribution in [0.25, 0.3) is 0 Å². The standard InChI is InChI=1S/C12H20N2O2/c1-8(2)6-5-7-10-11(12(15)16)14(4)9(3)13-10/h8H,5-7H2,1-4H3,(H,15,16). The zero-order valence-corrected chi connectivity index (χ0v) is 10.4. The van der Waals surface area contributed by atoms with E-state index < -0.39 is 5.97 Å². The molecule has 1 N–H and O–H groups in total. The van der Waals surface area contributed by atoms with Gasteiger partial charge in [-0.1, -0.05) is 20.3 Å². The molecule has 0 spiro atoms. The van der Waals surface area contributed by atoms with Crippen LogP contribution in [0.2, 0.25) is 0 Å². The van der Waals surface area contributed by atoms with E-state index in [4.69, 9.17) is 5.11 Å². The van der Waals surface area contributed by atoms with Gasteiger partial charge in [-0.15, -0.1) is 0 Å². The van der Waals surface area contributed by atoms with E-state index in [1.807, 2.05) is 6.92 Å². The van der Waals surface area contributed by atoms with Crippen LogP contribution < -0.4 is 0 Å². The maximum absolute atomic E-state index is 11.1. The van der Waals surface area contributed by atoms with Crippen LogP contribution in [0.5, 0.6) is 0 Å². The molecule has 0 saturated heterocycles. The van der Waals surface area contributed by atoms with Crippen molar-refractivity contribution >= 4 is 5.97 Å². The van der Waals surface area contributed by atoms with E-state index in [0.717, 1.165) is 25.1 Å². The predicted octanol–water partition coefficient (Wildman–Crippen LogP) is 2.41. The number of hydrogen-bond donors (Lipinski definition) is 1. The smallest absolute Gasteiger partial charge is 0.354 e. The number of hydrogen-bond acceptors (Lipinski definition) is 2. The Morgan fingerprint density at radius 3 is 2.62 bits per heavy atom. The lowest BCUT2D eigenvalue weighted by atomic mass is 10.0. The SMILES string of the molecule is Cc1nc(CCCC(C)C)c(C(=O)O)n1C. The minimum absolute atomic E-state index is 0.334. The van der Waals surface area contributed by atoms with Crippen LogP contribution in [0.15, 0.2) is 0 Å². The lowest BCUT2D eigenvalue weighted by molar-refractivity contribution is 0.0685. The number of rotatable bonds is 5. The first kappa shape index (κ1) is 12.7. The molecular weight excluding hydrogens is 204 g/mol. The maximum atomic E-state index is 11.1. The van der Waals surface area contributed by atoms with Gasteiger partial charge in [0.1, 0.15) is 11.5 Å². The molecule has 16 heavy (non-hydrogen) atoms. The van der Waals surface area contributed by atoms with Gasteiger partial charge in [0, 0.05) is 7.05 Å².